The highest BCUT2D eigenvalue weighted by Gasteiger charge is 2.29. The molecular weight excluding hydrogens is 288 g/mol. The standard InChI is InChI=1S/C11H14N2O6S/c1-11(2,7-10(14)15)12-20(18,19)9-5-3-4-8(6-9)13(16)17/h3-6,12H,7H2,1-2H3,(H,14,15). The van der Waals surface area contributed by atoms with Gasteiger partial charge in [0.15, 0.2) is 0 Å². The first-order chi connectivity index (χ1) is 9.03. The summed E-state index contributed by atoms with van der Waals surface area (Å²) in [7, 11) is -4.04. The van der Waals surface area contributed by atoms with E-state index in [9.17, 15) is 23.3 Å². The molecule has 0 fully saturated rings. The van der Waals surface area contributed by atoms with Gasteiger partial charge in [0.05, 0.1) is 16.2 Å². The zero-order chi connectivity index (χ0) is 15.6. The van der Waals surface area contributed by atoms with Crippen LogP contribution in [-0.2, 0) is 14.8 Å². The third-order valence-corrected chi connectivity index (χ3v) is 4.04. The van der Waals surface area contributed by atoms with Crippen molar-refractivity contribution in [1.29, 1.82) is 0 Å². The van der Waals surface area contributed by atoms with Crippen LogP contribution in [0.25, 0.3) is 0 Å². The number of carboxylic acid groups (broad SMARTS) is 1. The van der Waals surface area contributed by atoms with Crippen molar-refractivity contribution in [2.45, 2.75) is 30.7 Å². The molecule has 0 atom stereocenters. The van der Waals surface area contributed by atoms with Gasteiger partial charge in [0.2, 0.25) is 10.0 Å². The minimum Gasteiger partial charge on any atom is -0.481 e. The quantitative estimate of drug-likeness (QED) is 0.599. The molecule has 2 N–H and O–H groups in total. The molecule has 0 saturated heterocycles. The summed E-state index contributed by atoms with van der Waals surface area (Å²) >= 11 is 0. The van der Waals surface area contributed by atoms with Crippen molar-refractivity contribution in [3.63, 3.8) is 0 Å². The molecule has 0 aliphatic heterocycles. The minimum absolute atomic E-state index is 0.287. The third kappa shape index (κ3) is 4.28. The average molecular weight is 302 g/mol. The van der Waals surface area contributed by atoms with Crippen molar-refractivity contribution in [3.8, 4) is 0 Å². The number of nitro benzene ring substituents is 1. The van der Waals surface area contributed by atoms with Gasteiger partial charge in [0.25, 0.3) is 5.69 Å². The number of sulfonamides is 1. The molecule has 0 bridgehead atoms. The number of benzene rings is 1. The van der Waals surface area contributed by atoms with Crippen LogP contribution < -0.4 is 4.72 Å². The van der Waals surface area contributed by atoms with Crippen LogP contribution in [0.2, 0.25) is 0 Å². The Bertz CT molecular complexity index is 638. The second-order valence-corrected chi connectivity index (χ2v) is 6.50. The summed E-state index contributed by atoms with van der Waals surface area (Å²) in [6.45, 7) is 2.83. The Morgan fingerprint density at radius 3 is 2.55 bits per heavy atom. The maximum absolute atomic E-state index is 12.1. The molecule has 0 aliphatic rings. The maximum atomic E-state index is 12.1. The van der Waals surface area contributed by atoms with E-state index >= 15 is 0 Å². The van der Waals surface area contributed by atoms with Crippen LogP contribution in [0.15, 0.2) is 29.2 Å². The summed E-state index contributed by atoms with van der Waals surface area (Å²) in [5, 5.41) is 19.3. The van der Waals surface area contributed by atoms with E-state index in [1.807, 2.05) is 0 Å². The highest BCUT2D eigenvalue weighted by molar-refractivity contribution is 7.89. The van der Waals surface area contributed by atoms with Gasteiger partial charge in [-0.3, -0.25) is 14.9 Å². The number of nitrogens with zero attached hydrogens (tertiary/aromatic N) is 1. The molecule has 1 rings (SSSR count). The summed E-state index contributed by atoms with van der Waals surface area (Å²) in [6.07, 6.45) is -0.416. The summed E-state index contributed by atoms with van der Waals surface area (Å²) in [5.41, 5.74) is -1.57. The Labute approximate surface area is 115 Å². The summed E-state index contributed by atoms with van der Waals surface area (Å²) in [4.78, 5) is 20.3. The van der Waals surface area contributed by atoms with Crippen LogP contribution in [0.4, 0.5) is 5.69 Å². The number of hydrogen-bond donors (Lipinski definition) is 2. The molecule has 0 unspecified atom stereocenters. The van der Waals surface area contributed by atoms with E-state index in [0.717, 1.165) is 6.07 Å². The van der Waals surface area contributed by atoms with Crippen LogP contribution in [0.3, 0.4) is 0 Å². The molecule has 0 radical (unpaired) electrons. The molecule has 20 heavy (non-hydrogen) atoms. The molecular formula is C11H14N2O6S. The number of non-ortho nitro benzene ring substituents is 1. The van der Waals surface area contributed by atoms with Gasteiger partial charge in [0, 0.05) is 17.7 Å². The van der Waals surface area contributed by atoms with Crippen LogP contribution >= 0.6 is 0 Å². The lowest BCUT2D eigenvalue weighted by Crippen LogP contribution is -2.44. The van der Waals surface area contributed by atoms with E-state index in [1.165, 1.54) is 32.0 Å². The Morgan fingerprint density at radius 2 is 2.05 bits per heavy atom. The van der Waals surface area contributed by atoms with Gasteiger partial charge >= 0.3 is 5.97 Å². The number of nitrogens with one attached hydrogen (secondary N) is 1. The smallest absolute Gasteiger partial charge is 0.305 e. The van der Waals surface area contributed by atoms with E-state index in [4.69, 9.17) is 5.11 Å². The first kappa shape index (κ1) is 16.1. The van der Waals surface area contributed by atoms with Crippen molar-refractivity contribution >= 4 is 21.7 Å². The first-order valence-corrected chi connectivity index (χ1v) is 7.02. The van der Waals surface area contributed by atoms with Crippen molar-refractivity contribution in [3.05, 3.63) is 34.4 Å². The van der Waals surface area contributed by atoms with Gasteiger partial charge in [-0.2, -0.15) is 0 Å². The molecule has 8 nitrogen and oxygen atoms in total. The van der Waals surface area contributed by atoms with Crippen LogP contribution in [0.1, 0.15) is 20.3 Å². The fraction of sp³-hybridized carbons (Fsp3) is 0.364. The number of aliphatic carboxylic acids is 1. The van der Waals surface area contributed by atoms with E-state index in [0.29, 0.717) is 0 Å². The van der Waals surface area contributed by atoms with Gasteiger partial charge in [-0.15, -0.1) is 0 Å². The van der Waals surface area contributed by atoms with Gasteiger partial charge in [0.1, 0.15) is 0 Å². The van der Waals surface area contributed by atoms with Gasteiger partial charge < -0.3 is 5.11 Å². The Hall–Kier alpha value is -2.00. The highest BCUT2D eigenvalue weighted by Crippen LogP contribution is 2.20. The lowest BCUT2D eigenvalue weighted by atomic mass is 10.0. The van der Waals surface area contributed by atoms with E-state index in [-0.39, 0.29) is 10.6 Å². The molecule has 0 amide bonds. The maximum Gasteiger partial charge on any atom is 0.305 e. The Balaban J connectivity index is 3.08. The van der Waals surface area contributed by atoms with Crippen molar-refractivity contribution in [2.24, 2.45) is 0 Å². The lowest BCUT2D eigenvalue weighted by Gasteiger charge is -2.23. The Kier molecular flexibility index (Phi) is 4.46. The SMILES string of the molecule is CC(C)(CC(=O)O)NS(=O)(=O)c1cccc([N+](=O)[O-])c1. The normalized spacial score (nSPS) is 12.1. The van der Waals surface area contributed by atoms with Gasteiger partial charge in [-0.1, -0.05) is 6.07 Å². The largest absolute Gasteiger partial charge is 0.481 e. The zero-order valence-electron chi connectivity index (χ0n) is 10.9. The monoisotopic (exact) mass is 302 g/mol. The van der Waals surface area contributed by atoms with Crippen molar-refractivity contribution in [2.75, 3.05) is 0 Å². The number of carbonyl (C=O) groups is 1. The number of hydrogen-bond acceptors (Lipinski definition) is 5. The third-order valence-electron chi connectivity index (χ3n) is 2.34. The van der Waals surface area contributed by atoms with E-state index < -0.39 is 32.9 Å². The predicted molar refractivity (Wildman–Crippen MR) is 69.7 cm³/mol. The van der Waals surface area contributed by atoms with Crippen LogP contribution in [-0.4, -0.2) is 30.0 Å². The van der Waals surface area contributed by atoms with E-state index in [1.54, 1.807) is 0 Å². The summed E-state index contributed by atoms with van der Waals surface area (Å²) < 4.78 is 26.4. The molecule has 0 aliphatic carbocycles. The molecule has 0 heterocycles. The van der Waals surface area contributed by atoms with E-state index in [2.05, 4.69) is 4.72 Å². The number of nitro groups is 1. The Morgan fingerprint density at radius 1 is 1.45 bits per heavy atom. The summed E-state index contributed by atoms with van der Waals surface area (Å²) in [5.74, 6) is -1.16. The molecule has 0 spiro atoms. The van der Waals surface area contributed by atoms with Crippen LogP contribution in [0.5, 0.6) is 0 Å². The van der Waals surface area contributed by atoms with Gasteiger partial charge in [-0.05, 0) is 19.9 Å². The van der Waals surface area contributed by atoms with Crippen molar-refractivity contribution in [1.82, 2.24) is 4.72 Å². The highest BCUT2D eigenvalue weighted by atomic mass is 32.2. The van der Waals surface area contributed by atoms with Crippen molar-refractivity contribution < 1.29 is 23.2 Å². The fourth-order valence-electron chi connectivity index (χ4n) is 1.60. The second-order valence-electron chi connectivity index (χ2n) is 4.81. The molecule has 9 heteroatoms. The molecule has 0 aromatic heterocycles. The zero-order valence-corrected chi connectivity index (χ0v) is 11.7. The number of rotatable bonds is 6. The average Bonchev–Trinajstić information content (AvgIpc) is 2.25. The lowest BCUT2D eigenvalue weighted by molar-refractivity contribution is -0.385. The topological polar surface area (TPSA) is 127 Å². The molecule has 1 aromatic rings. The predicted octanol–water partition coefficient (Wildman–Crippen LogP) is 1.13. The number of carboxylic acids is 1. The molecule has 110 valence electrons. The molecule has 0 saturated carbocycles. The van der Waals surface area contributed by atoms with Crippen LogP contribution in [0, 0.1) is 10.1 Å². The first-order valence-electron chi connectivity index (χ1n) is 5.54. The minimum atomic E-state index is -4.04. The summed E-state index contributed by atoms with van der Waals surface area (Å²) in [6, 6.07) is 4.53. The van der Waals surface area contributed by atoms with Gasteiger partial charge in [-0.25, -0.2) is 13.1 Å². The molecule has 1 aromatic carbocycles. The fourth-order valence-corrected chi connectivity index (χ4v) is 3.05. The second kappa shape index (κ2) is 5.55.